The van der Waals surface area contributed by atoms with Crippen LogP contribution in [0.15, 0.2) is 63.5 Å². The summed E-state index contributed by atoms with van der Waals surface area (Å²) in [6.45, 7) is 1.90. The van der Waals surface area contributed by atoms with Crippen molar-refractivity contribution in [3.8, 4) is 11.3 Å². The molecule has 0 fully saturated rings. The van der Waals surface area contributed by atoms with E-state index in [1.165, 1.54) is 0 Å². The molecule has 1 amide bonds. The third-order valence-corrected chi connectivity index (χ3v) is 4.83. The summed E-state index contributed by atoms with van der Waals surface area (Å²) in [7, 11) is 0. The van der Waals surface area contributed by atoms with E-state index in [1.807, 2.05) is 49.4 Å². The molecule has 0 unspecified atom stereocenters. The molecule has 0 bridgehead atoms. The van der Waals surface area contributed by atoms with Crippen LogP contribution >= 0.6 is 39.7 Å². The van der Waals surface area contributed by atoms with Gasteiger partial charge >= 0.3 is 0 Å². The normalized spacial score (nSPS) is 10.4. The van der Waals surface area contributed by atoms with Crippen molar-refractivity contribution in [1.29, 1.82) is 0 Å². The first-order chi connectivity index (χ1) is 12.4. The largest absolute Gasteiger partial charge is 0.451 e. The van der Waals surface area contributed by atoms with Gasteiger partial charge < -0.3 is 9.73 Å². The van der Waals surface area contributed by atoms with Crippen LogP contribution in [-0.2, 0) is 0 Å². The second-order valence-corrected chi connectivity index (χ2v) is 7.22. The Morgan fingerprint density at radius 2 is 1.85 bits per heavy atom. The van der Waals surface area contributed by atoms with Crippen molar-refractivity contribution in [2.75, 3.05) is 5.32 Å². The van der Waals surface area contributed by atoms with Crippen molar-refractivity contribution < 1.29 is 9.21 Å². The summed E-state index contributed by atoms with van der Waals surface area (Å²) in [5.41, 5.74) is 2.50. The molecule has 7 heteroatoms. The topological polar surface area (TPSA) is 54.3 Å². The van der Waals surface area contributed by atoms with Crippen LogP contribution in [0.3, 0.4) is 0 Å². The van der Waals surface area contributed by atoms with Crippen LogP contribution in [0, 0.1) is 6.92 Å². The lowest BCUT2D eigenvalue weighted by molar-refractivity contribution is 0.0951. The van der Waals surface area contributed by atoms with Crippen LogP contribution in [0.25, 0.3) is 11.3 Å². The van der Waals surface area contributed by atoms with E-state index in [0.717, 1.165) is 21.3 Å². The van der Waals surface area contributed by atoms with Gasteiger partial charge in [-0.15, -0.1) is 0 Å². The number of carbonyl (C=O) groups excluding carboxylic acids is 1. The van der Waals surface area contributed by atoms with E-state index in [1.54, 1.807) is 12.1 Å². The van der Waals surface area contributed by atoms with Gasteiger partial charge in [0.25, 0.3) is 5.91 Å². The zero-order valence-electron chi connectivity index (χ0n) is 13.7. The molecular formula is C19H14BrClN2O2S. The smallest absolute Gasteiger partial charge is 0.293 e. The Hall–Kier alpha value is -2.15. The van der Waals surface area contributed by atoms with Crippen LogP contribution < -0.4 is 10.6 Å². The zero-order chi connectivity index (χ0) is 18.7. The highest BCUT2D eigenvalue weighted by molar-refractivity contribution is 9.10. The molecule has 0 saturated carbocycles. The molecule has 1 heterocycles. The zero-order valence-corrected chi connectivity index (χ0v) is 16.8. The minimum absolute atomic E-state index is 0.166. The van der Waals surface area contributed by atoms with E-state index in [0.29, 0.717) is 10.8 Å². The lowest BCUT2D eigenvalue weighted by Gasteiger charge is -2.08. The van der Waals surface area contributed by atoms with Gasteiger partial charge in [0.1, 0.15) is 5.76 Å². The number of amides is 1. The molecule has 26 heavy (non-hydrogen) atoms. The predicted molar refractivity (Wildman–Crippen MR) is 112 cm³/mol. The highest BCUT2D eigenvalue weighted by Crippen LogP contribution is 2.29. The molecule has 1 aromatic heterocycles. The molecule has 3 rings (SSSR count). The lowest BCUT2D eigenvalue weighted by Crippen LogP contribution is -2.33. The Bertz CT molecular complexity index is 970. The fraction of sp³-hybridized carbons (Fsp3) is 0.0526. The molecule has 0 aliphatic rings. The predicted octanol–water partition coefficient (Wildman–Crippen LogP) is 5.80. The Balaban J connectivity index is 1.69. The number of hydrogen-bond acceptors (Lipinski definition) is 3. The van der Waals surface area contributed by atoms with Gasteiger partial charge in [0.05, 0.1) is 0 Å². The molecule has 0 radical (unpaired) electrons. The molecular weight excluding hydrogens is 436 g/mol. The maximum Gasteiger partial charge on any atom is 0.293 e. The van der Waals surface area contributed by atoms with Crippen LogP contribution in [0.1, 0.15) is 16.1 Å². The van der Waals surface area contributed by atoms with E-state index in [2.05, 4.69) is 26.6 Å². The molecule has 0 atom stereocenters. The number of halogens is 2. The van der Waals surface area contributed by atoms with Crippen molar-refractivity contribution in [3.63, 3.8) is 0 Å². The van der Waals surface area contributed by atoms with Gasteiger partial charge in [-0.25, -0.2) is 0 Å². The Morgan fingerprint density at radius 1 is 1.12 bits per heavy atom. The standard InChI is InChI=1S/C19H14BrClN2O2S/c1-11-14(3-2-4-15(11)21)16-9-10-17(25-16)18(24)23-19(26)22-13-7-5-12(20)6-8-13/h2-10H,1H3,(H2,22,23,24,26). The van der Waals surface area contributed by atoms with Crippen molar-refractivity contribution in [2.45, 2.75) is 6.92 Å². The molecule has 2 aromatic carbocycles. The minimum Gasteiger partial charge on any atom is -0.451 e. The number of thiocarbonyl (C=S) groups is 1. The van der Waals surface area contributed by atoms with Gasteiger partial charge in [-0.2, -0.15) is 0 Å². The quantitative estimate of drug-likeness (QED) is 0.496. The van der Waals surface area contributed by atoms with Gasteiger partial charge in [-0.1, -0.05) is 39.7 Å². The molecule has 0 spiro atoms. The average molecular weight is 450 g/mol. The van der Waals surface area contributed by atoms with Gasteiger partial charge in [-0.3, -0.25) is 10.1 Å². The summed E-state index contributed by atoms with van der Waals surface area (Å²) in [6, 6.07) is 16.3. The SMILES string of the molecule is Cc1c(Cl)cccc1-c1ccc(C(=O)NC(=S)Nc2ccc(Br)cc2)o1. The number of rotatable bonds is 3. The third kappa shape index (κ3) is 4.33. The van der Waals surface area contributed by atoms with Gasteiger partial charge in [-0.05, 0) is 67.2 Å². The number of carbonyl (C=O) groups is 1. The van der Waals surface area contributed by atoms with E-state index >= 15 is 0 Å². The molecule has 2 N–H and O–H groups in total. The van der Waals surface area contributed by atoms with Crippen molar-refractivity contribution in [2.24, 2.45) is 0 Å². The molecule has 3 aromatic rings. The lowest BCUT2D eigenvalue weighted by atomic mass is 10.1. The Labute approximate surface area is 169 Å². The van der Waals surface area contributed by atoms with E-state index < -0.39 is 5.91 Å². The van der Waals surface area contributed by atoms with Crippen LogP contribution in [-0.4, -0.2) is 11.0 Å². The summed E-state index contributed by atoms with van der Waals surface area (Å²) in [5, 5.41) is 6.38. The first-order valence-corrected chi connectivity index (χ1v) is 9.25. The number of furan rings is 1. The minimum atomic E-state index is -0.425. The molecule has 0 saturated heterocycles. The summed E-state index contributed by atoms with van der Waals surface area (Å²) < 4.78 is 6.63. The molecule has 0 aliphatic heterocycles. The first kappa shape index (κ1) is 18.6. The maximum absolute atomic E-state index is 12.3. The summed E-state index contributed by atoms with van der Waals surface area (Å²) >= 11 is 14.7. The highest BCUT2D eigenvalue weighted by Gasteiger charge is 2.15. The molecule has 0 aliphatic carbocycles. The van der Waals surface area contributed by atoms with Gasteiger partial charge in [0.2, 0.25) is 0 Å². The maximum atomic E-state index is 12.3. The number of benzene rings is 2. The van der Waals surface area contributed by atoms with Crippen LogP contribution in [0.4, 0.5) is 5.69 Å². The monoisotopic (exact) mass is 448 g/mol. The third-order valence-electron chi connectivity index (χ3n) is 3.69. The van der Waals surface area contributed by atoms with Crippen molar-refractivity contribution in [3.05, 3.63) is 75.4 Å². The van der Waals surface area contributed by atoms with E-state index in [-0.39, 0.29) is 10.9 Å². The second kappa shape index (κ2) is 8.03. The van der Waals surface area contributed by atoms with Gasteiger partial charge in [0, 0.05) is 20.7 Å². The van der Waals surface area contributed by atoms with E-state index in [4.69, 9.17) is 28.2 Å². The molecule has 132 valence electrons. The summed E-state index contributed by atoms with van der Waals surface area (Å²) in [4.78, 5) is 12.3. The number of nitrogens with one attached hydrogen (secondary N) is 2. The summed E-state index contributed by atoms with van der Waals surface area (Å²) in [5.74, 6) is 0.312. The van der Waals surface area contributed by atoms with Crippen molar-refractivity contribution >= 4 is 56.5 Å². The van der Waals surface area contributed by atoms with Crippen LogP contribution in [0.2, 0.25) is 5.02 Å². The highest BCUT2D eigenvalue weighted by atomic mass is 79.9. The van der Waals surface area contributed by atoms with E-state index in [9.17, 15) is 4.79 Å². The Kier molecular flexibility index (Phi) is 5.76. The fourth-order valence-electron chi connectivity index (χ4n) is 2.34. The summed E-state index contributed by atoms with van der Waals surface area (Å²) in [6.07, 6.45) is 0. The first-order valence-electron chi connectivity index (χ1n) is 7.67. The van der Waals surface area contributed by atoms with Gasteiger partial charge in [0.15, 0.2) is 10.9 Å². The Morgan fingerprint density at radius 3 is 2.58 bits per heavy atom. The molecule has 4 nitrogen and oxygen atoms in total. The average Bonchev–Trinajstić information content (AvgIpc) is 3.09. The second-order valence-electron chi connectivity index (χ2n) is 5.49. The fourth-order valence-corrected chi connectivity index (χ4v) is 2.99. The van der Waals surface area contributed by atoms with Crippen molar-refractivity contribution in [1.82, 2.24) is 5.32 Å². The van der Waals surface area contributed by atoms with Crippen LogP contribution in [0.5, 0.6) is 0 Å². The number of anilines is 1. The number of hydrogen-bond donors (Lipinski definition) is 2.